The topological polar surface area (TPSA) is 96.4 Å². The second kappa shape index (κ2) is 7.50. The van der Waals surface area contributed by atoms with Crippen LogP contribution >= 0.6 is 11.3 Å². The van der Waals surface area contributed by atoms with Gasteiger partial charge in [0.1, 0.15) is 6.04 Å². The number of likely N-dealkylation sites (tertiary alicyclic amines) is 1. The predicted molar refractivity (Wildman–Crippen MR) is 127 cm³/mol. The number of nitrogens with one attached hydrogen (secondary N) is 1. The molecule has 1 aliphatic heterocycles. The van der Waals surface area contributed by atoms with Crippen molar-refractivity contribution in [3.63, 3.8) is 0 Å². The number of anilines is 1. The highest BCUT2D eigenvalue weighted by Crippen LogP contribution is 2.60. The lowest BCUT2D eigenvalue weighted by Gasteiger charge is -2.56. The highest BCUT2D eigenvalue weighted by Gasteiger charge is 2.56. The first-order valence-corrected chi connectivity index (χ1v) is 14.6. The molecule has 4 saturated carbocycles. The first kappa shape index (κ1) is 21.5. The van der Waals surface area contributed by atoms with Crippen molar-refractivity contribution in [1.82, 2.24) is 9.88 Å². The summed E-state index contributed by atoms with van der Waals surface area (Å²) in [6, 6.07) is 4.34. The lowest BCUT2D eigenvalue weighted by molar-refractivity contribution is -0.160. The highest BCUT2D eigenvalue weighted by molar-refractivity contribution is 7.90. The first-order chi connectivity index (χ1) is 15.7. The lowest BCUT2D eigenvalue weighted by atomic mass is 9.49. The van der Waals surface area contributed by atoms with E-state index in [0.717, 1.165) is 25.7 Å². The molecule has 4 bridgehead atoms. The molecule has 1 saturated heterocycles. The fourth-order valence-corrected chi connectivity index (χ4v) is 8.97. The second-order valence-corrected chi connectivity index (χ2v) is 13.8. The maximum atomic E-state index is 13.8. The van der Waals surface area contributed by atoms with Gasteiger partial charge in [-0.25, -0.2) is 13.4 Å². The van der Waals surface area contributed by atoms with Crippen LogP contribution < -0.4 is 5.32 Å². The van der Waals surface area contributed by atoms with Crippen LogP contribution in [0.25, 0.3) is 10.2 Å². The summed E-state index contributed by atoms with van der Waals surface area (Å²) in [7, 11) is -3.31. The first-order valence-electron chi connectivity index (χ1n) is 11.9. The smallest absolute Gasteiger partial charge is 0.248 e. The molecule has 1 aromatic heterocycles. The lowest BCUT2D eigenvalue weighted by Crippen LogP contribution is -2.56. The van der Waals surface area contributed by atoms with Crippen LogP contribution in [-0.2, 0) is 19.4 Å². The fraction of sp³-hybridized carbons (Fsp3) is 0.625. The Kier molecular flexibility index (Phi) is 4.89. The third kappa shape index (κ3) is 3.67. The summed E-state index contributed by atoms with van der Waals surface area (Å²) in [4.78, 5) is 33.6. The maximum Gasteiger partial charge on any atom is 0.248 e. The molecule has 5 fully saturated rings. The van der Waals surface area contributed by atoms with Gasteiger partial charge in [-0.3, -0.25) is 9.59 Å². The summed E-state index contributed by atoms with van der Waals surface area (Å²) in [6.07, 6.45) is 9.56. The Bertz CT molecular complexity index is 1220. The fourth-order valence-electron chi connectivity index (χ4n) is 7.34. The number of rotatable bonds is 4. The van der Waals surface area contributed by atoms with E-state index in [4.69, 9.17) is 0 Å². The molecule has 2 heterocycles. The number of carbonyl (C=O) groups is 2. The van der Waals surface area contributed by atoms with Crippen LogP contribution in [-0.4, -0.2) is 49.0 Å². The van der Waals surface area contributed by atoms with Crippen molar-refractivity contribution in [3.8, 4) is 0 Å². The van der Waals surface area contributed by atoms with Gasteiger partial charge in [-0.15, -0.1) is 0 Å². The minimum atomic E-state index is -3.31. The van der Waals surface area contributed by atoms with Gasteiger partial charge in [-0.1, -0.05) is 11.3 Å². The zero-order valence-corrected chi connectivity index (χ0v) is 20.4. The molecule has 176 valence electrons. The third-order valence-electron chi connectivity index (χ3n) is 8.33. The number of benzene rings is 1. The number of aromatic nitrogens is 1. The standard InChI is InChI=1S/C24H29N3O4S2/c1-33(30,31)17-4-5-18-20(10-17)32-23(25-18)26-21(28)19-3-2-6-27(19)22(29)24-11-14-7-15(12-24)9-16(8-14)13-24/h4-5,10,14-16,19H,2-3,6-9,11-13H2,1H3,(H,25,26,28)/t14?,15?,16?,19-,24?/m1/s1. The molecule has 1 aromatic carbocycles. The molecule has 0 radical (unpaired) electrons. The summed E-state index contributed by atoms with van der Waals surface area (Å²) in [5.74, 6) is 2.09. The number of thiazole rings is 1. The van der Waals surface area contributed by atoms with Crippen molar-refractivity contribution in [2.24, 2.45) is 23.2 Å². The Balaban J connectivity index is 1.20. The van der Waals surface area contributed by atoms with Crippen LogP contribution in [0.4, 0.5) is 5.13 Å². The molecule has 1 atom stereocenters. The second-order valence-electron chi connectivity index (χ2n) is 10.8. The van der Waals surface area contributed by atoms with Gasteiger partial charge in [0.05, 0.1) is 20.5 Å². The Morgan fingerprint density at radius 3 is 2.42 bits per heavy atom. The summed E-state index contributed by atoms with van der Waals surface area (Å²) in [5, 5.41) is 3.35. The molecule has 7 rings (SSSR count). The van der Waals surface area contributed by atoms with Gasteiger partial charge < -0.3 is 10.2 Å². The molecule has 5 aliphatic rings. The molecule has 7 nitrogen and oxygen atoms in total. The Morgan fingerprint density at radius 2 is 1.79 bits per heavy atom. The molecule has 2 amide bonds. The summed E-state index contributed by atoms with van der Waals surface area (Å²) >= 11 is 1.26. The van der Waals surface area contributed by atoms with Crippen molar-refractivity contribution in [2.45, 2.75) is 62.3 Å². The van der Waals surface area contributed by atoms with E-state index in [-0.39, 0.29) is 22.1 Å². The van der Waals surface area contributed by atoms with E-state index in [1.54, 1.807) is 12.1 Å². The van der Waals surface area contributed by atoms with Gasteiger partial charge in [0.25, 0.3) is 0 Å². The van der Waals surface area contributed by atoms with Crippen LogP contribution in [0.15, 0.2) is 23.1 Å². The van der Waals surface area contributed by atoms with Crippen molar-refractivity contribution in [1.29, 1.82) is 0 Å². The van der Waals surface area contributed by atoms with Crippen LogP contribution in [0.3, 0.4) is 0 Å². The van der Waals surface area contributed by atoms with Crippen LogP contribution in [0.2, 0.25) is 0 Å². The van der Waals surface area contributed by atoms with Crippen molar-refractivity contribution in [2.75, 3.05) is 18.1 Å². The number of amides is 2. The maximum absolute atomic E-state index is 13.8. The largest absolute Gasteiger partial charge is 0.330 e. The van der Waals surface area contributed by atoms with E-state index in [2.05, 4.69) is 10.3 Å². The minimum Gasteiger partial charge on any atom is -0.330 e. The Morgan fingerprint density at radius 1 is 1.12 bits per heavy atom. The van der Waals surface area contributed by atoms with Gasteiger partial charge in [0.15, 0.2) is 15.0 Å². The molecule has 9 heteroatoms. The van der Waals surface area contributed by atoms with Crippen LogP contribution in [0.1, 0.15) is 51.4 Å². The molecule has 4 aliphatic carbocycles. The monoisotopic (exact) mass is 487 g/mol. The summed E-state index contributed by atoms with van der Waals surface area (Å²) < 4.78 is 24.4. The van der Waals surface area contributed by atoms with Gasteiger partial charge >= 0.3 is 0 Å². The molecule has 1 N–H and O–H groups in total. The number of fused-ring (bicyclic) bond motifs is 1. The summed E-state index contributed by atoms with van der Waals surface area (Å²) in [6.45, 7) is 0.649. The van der Waals surface area contributed by atoms with Crippen LogP contribution in [0, 0.1) is 23.2 Å². The van der Waals surface area contributed by atoms with Crippen molar-refractivity contribution < 1.29 is 18.0 Å². The molecule has 2 aromatic rings. The van der Waals surface area contributed by atoms with E-state index < -0.39 is 15.9 Å². The highest BCUT2D eigenvalue weighted by atomic mass is 32.2. The molecular formula is C24H29N3O4S2. The molecular weight excluding hydrogens is 458 g/mol. The molecule has 0 spiro atoms. The number of hydrogen-bond acceptors (Lipinski definition) is 6. The third-order valence-corrected chi connectivity index (χ3v) is 10.4. The van der Waals surface area contributed by atoms with Gasteiger partial charge in [-0.2, -0.15) is 0 Å². The van der Waals surface area contributed by atoms with Crippen LogP contribution in [0.5, 0.6) is 0 Å². The molecule has 0 unspecified atom stereocenters. The number of carbonyl (C=O) groups excluding carboxylic acids is 2. The number of nitrogens with zero attached hydrogens (tertiary/aromatic N) is 2. The Hall–Kier alpha value is -2.00. The van der Waals surface area contributed by atoms with Crippen molar-refractivity contribution in [3.05, 3.63) is 18.2 Å². The number of hydrogen-bond donors (Lipinski definition) is 1. The van der Waals surface area contributed by atoms with E-state index in [1.807, 2.05) is 4.90 Å². The van der Waals surface area contributed by atoms with E-state index >= 15 is 0 Å². The normalized spacial score (nSPS) is 33.1. The van der Waals surface area contributed by atoms with E-state index in [9.17, 15) is 18.0 Å². The minimum absolute atomic E-state index is 0.187. The zero-order valence-electron chi connectivity index (χ0n) is 18.7. The van der Waals surface area contributed by atoms with Crippen molar-refractivity contribution >= 4 is 48.3 Å². The quantitative estimate of drug-likeness (QED) is 0.707. The predicted octanol–water partition coefficient (Wildman–Crippen LogP) is 3.85. The average molecular weight is 488 g/mol. The van der Waals surface area contributed by atoms with Gasteiger partial charge in [0.2, 0.25) is 11.8 Å². The van der Waals surface area contributed by atoms with E-state index in [1.165, 1.54) is 42.9 Å². The van der Waals surface area contributed by atoms with Gasteiger partial charge in [0, 0.05) is 12.8 Å². The van der Waals surface area contributed by atoms with Gasteiger partial charge in [-0.05, 0) is 87.3 Å². The summed E-state index contributed by atoms with van der Waals surface area (Å²) in [5.41, 5.74) is 0.408. The SMILES string of the molecule is CS(=O)(=O)c1ccc2nc(NC(=O)[C@H]3CCCN3C(=O)C34CC5CC(CC(C5)C3)C4)sc2c1. The zero-order chi connectivity index (χ0) is 23.0. The Labute approximate surface area is 197 Å². The van der Waals surface area contributed by atoms with E-state index in [0.29, 0.717) is 46.1 Å². The number of sulfone groups is 1. The average Bonchev–Trinajstić information content (AvgIpc) is 3.37. The molecule has 33 heavy (non-hydrogen) atoms.